The maximum Gasteiger partial charge on any atom is 0.251 e. The van der Waals surface area contributed by atoms with Gasteiger partial charge < -0.3 is 10.2 Å². The Bertz CT molecular complexity index is 761. The van der Waals surface area contributed by atoms with Crippen LogP contribution in [-0.2, 0) is 0 Å². The van der Waals surface area contributed by atoms with Crippen LogP contribution in [0.1, 0.15) is 28.9 Å². The number of pyridine rings is 1. The van der Waals surface area contributed by atoms with E-state index in [-0.39, 0.29) is 11.9 Å². The fourth-order valence-electron chi connectivity index (χ4n) is 3.46. The molecule has 7 nitrogen and oxygen atoms in total. The molecule has 0 atom stereocenters. The second kappa shape index (κ2) is 6.68. The van der Waals surface area contributed by atoms with Crippen LogP contribution in [0.3, 0.4) is 0 Å². The van der Waals surface area contributed by atoms with E-state index in [0.29, 0.717) is 5.56 Å². The topological polar surface area (TPSA) is 72.9 Å². The van der Waals surface area contributed by atoms with Crippen LogP contribution in [0.2, 0.25) is 0 Å². The van der Waals surface area contributed by atoms with Crippen LogP contribution >= 0.6 is 0 Å². The molecule has 0 aromatic carbocycles. The second-order valence-electron chi connectivity index (χ2n) is 6.52. The Kier molecular flexibility index (Phi) is 4.23. The number of rotatable bonds is 3. The molecule has 0 saturated carbocycles. The van der Waals surface area contributed by atoms with Gasteiger partial charge in [0, 0.05) is 43.1 Å². The van der Waals surface area contributed by atoms with Crippen molar-refractivity contribution < 1.29 is 4.79 Å². The molecule has 4 rings (SSSR count). The van der Waals surface area contributed by atoms with Gasteiger partial charge in [-0.15, -0.1) is 0 Å². The van der Waals surface area contributed by atoms with Gasteiger partial charge in [-0.3, -0.25) is 14.8 Å². The van der Waals surface area contributed by atoms with Crippen molar-refractivity contribution in [3.63, 3.8) is 0 Å². The first-order chi connectivity index (χ1) is 12.2. The zero-order chi connectivity index (χ0) is 17.2. The third-order valence-corrected chi connectivity index (χ3v) is 4.79. The molecule has 0 radical (unpaired) electrons. The molecule has 2 N–H and O–H groups in total. The Balaban J connectivity index is 1.35. The summed E-state index contributed by atoms with van der Waals surface area (Å²) in [7, 11) is 0. The number of hydrogen-bond donors (Lipinski definition) is 2. The molecule has 4 heterocycles. The SMILES string of the molecule is Cc1cc(C(=O)NC2CCN(C3=CN=CN4NCC=C34)CC2)ccn1. The lowest BCUT2D eigenvalue weighted by Gasteiger charge is -2.37. The number of aromatic nitrogens is 1. The summed E-state index contributed by atoms with van der Waals surface area (Å²) in [4.78, 5) is 23.2. The predicted octanol–water partition coefficient (Wildman–Crippen LogP) is 1.17. The number of aliphatic imine (C=N–C) groups is 1. The Morgan fingerprint density at radius 3 is 2.96 bits per heavy atom. The second-order valence-corrected chi connectivity index (χ2v) is 6.52. The van der Waals surface area contributed by atoms with E-state index in [1.54, 1.807) is 18.6 Å². The first-order valence-electron chi connectivity index (χ1n) is 8.66. The van der Waals surface area contributed by atoms with Crippen molar-refractivity contribution in [3.8, 4) is 0 Å². The predicted molar refractivity (Wildman–Crippen MR) is 95.5 cm³/mol. The molecule has 1 fully saturated rings. The maximum absolute atomic E-state index is 12.4. The Morgan fingerprint density at radius 1 is 1.32 bits per heavy atom. The highest BCUT2D eigenvalue weighted by atomic mass is 16.1. The summed E-state index contributed by atoms with van der Waals surface area (Å²) < 4.78 is 0. The van der Waals surface area contributed by atoms with Gasteiger partial charge in [-0.1, -0.05) is 0 Å². The molecule has 1 aromatic heterocycles. The van der Waals surface area contributed by atoms with E-state index in [4.69, 9.17) is 0 Å². The van der Waals surface area contributed by atoms with Gasteiger partial charge in [0.2, 0.25) is 0 Å². The van der Waals surface area contributed by atoms with Crippen molar-refractivity contribution in [1.82, 2.24) is 25.6 Å². The van der Waals surface area contributed by atoms with Crippen LogP contribution in [-0.4, -0.2) is 52.8 Å². The number of amides is 1. The van der Waals surface area contributed by atoms with Gasteiger partial charge in [-0.05, 0) is 38.0 Å². The van der Waals surface area contributed by atoms with E-state index in [2.05, 4.69) is 31.7 Å². The quantitative estimate of drug-likeness (QED) is 0.866. The van der Waals surface area contributed by atoms with Gasteiger partial charge in [0.1, 0.15) is 6.34 Å². The molecule has 0 unspecified atom stereocenters. The molecular weight excluding hydrogens is 316 g/mol. The van der Waals surface area contributed by atoms with Crippen molar-refractivity contribution >= 4 is 12.2 Å². The number of aryl methyl sites for hydroxylation is 1. The molecule has 0 aliphatic carbocycles. The number of likely N-dealkylation sites (tertiary alicyclic amines) is 1. The van der Waals surface area contributed by atoms with Gasteiger partial charge in [0.25, 0.3) is 5.91 Å². The van der Waals surface area contributed by atoms with Crippen LogP contribution in [0.5, 0.6) is 0 Å². The monoisotopic (exact) mass is 338 g/mol. The minimum absolute atomic E-state index is 0.0145. The molecule has 130 valence electrons. The molecule has 1 amide bonds. The highest BCUT2D eigenvalue weighted by Gasteiger charge is 2.28. The average Bonchev–Trinajstić information content (AvgIpc) is 3.11. The lowest BCUT2D eigenvalue weighted by molar-refractivity contribution is 0.0917. The number of hydrazine groups is 1. The van der Waals surface area contributed by atoms with Gasteiger partial charge >= 0.3 is 0 Å². The van der Waals surface area contributed by atoms with Gasteiger partial charge in [-0.2, -0.15) is 0 Å². The lowest BCUT2D eigenvalue weighted by atomic mass is 10.0. The summed E-state index contributed by atoms with van der Waals surface area (Å²) >= 11 is 0. The molecule has 1 saturated heterocycles. The standard InChI is InChI=1S/C18H22N6O/c1-13-10-14(2-6-20-13)18(25)22-15-4-8-23(9-5-15)17-11-19-12-24-16(17)3-7-21-24/h2-3,6,10-12,15,21H,4-5,7-9H2,1H3,(H,22,25). The van der Waals surface area contributed by atoms with Gasteiger partial charge in [-0.25, -0.2) is 10.4 Å². The number of carbonyl (C=O) groups excluding carboxylic acids is 1. The van der Waals surface area contributed by atoms with Crippen molar-refractivity contribution in [2.75, 3.05) is 19.6 Å². The van der Waals surface area contributed by atoms with Crippen molar-refractivity contribution in [2.24, 2.45) is 4.99 Å². The van der Waals surface area contributed by atoms with Gasteiger partial charge in [0.15, 0.2) is 0 Å². The van der Waals surface area contributed by atoms with E-state index in [1.807, 2.05) is 24.2 Å². The van der Waals surface area contributed by atoms with E-state index >= 15 is 0 Å². The van der Waals surface area contributed by atoms with Crippen LogP contribution in [0.15, 0.2) is 47.0 Å². The summed E-state index contributed by atoms with van der Waals surface area (Å²) in [5.74, 6) is -0.0145. The minimum Gasteiger partial charge on any atom is -0.368 e. The number of piperidine rings is 1. The summed E-state index contributed by atoms with van der Waals surface area (Å²) in [5.41, 5.74) is 7.11. The van der Waals surface area contributed by atoms with Crippen LogP contribution in [0.4, 0.5) is 0 Å². The molecule has 1 aromatic rings. The number of hydrogen-bond acceptors (Lipinski definition) is 6. The largest absolute Gasteiger partial charge is 0.368 e. The maximum atomic E-state index is 12.4. The number of fused-ring (bicyclic) bond motifs is 1. The molecule has 3 aliphatic rings. The summed E-state index contributed by atoms with van der Waals surface area (Å²) in [6.07, 6.45) is 9.43. The zero-order valence-corrected chi connectivity index (χ0v) is 14.3. The third-order valence-electron chi connectivity index (χ3n) is 4.79. The first-order valence-corrected chi connectivity index (χ1v) is 8.66. The highest BCUT2D eigenvalue weighted by Crippen LogP contribution is 2.26. The van der Waals surface area contributed by atoms with Crippen molar-refractivity contribution in [3.05, 3.63) is 53.3 Å². The highest BCUT2D eigenvalue weighted by molar-refractivity contribution is 5.94. The lowest BCUT2D eigenvalue weighted by Crippen LogP contribution is -2.45. The average molecular weight is 338 g/mol. The van der Waals surface area contributed by atoms with Crippen molar-refractivity contribution in [2.45, 2.75) is 25.8 Å². The molecule has 0 spiro atoms. The first kappa shape index (κ1) is 15.8. The number of nitrogens with one attached hydrogen (secondary N) is 2. The Labute approximate surface area is 147 Å². The van der Waals surface area contributed by atoms with E-state index in [1.165, 1.54) is 5.70 Å². The summed E-state index contributed by atoms with van der Waals surface area (Å²) in [6, 6.07) is 3.79. The molecule has 25 heavy (non-hydrogen) atoms. The fraction of sp³-hybridized carbons (Fsp3) is 0.389. The van der Waals surface area contributed by atoms with Crippen LogP contribution in [0.25, 0.3) is 0 Å². The smallest absolute Gasteiger partial charge is 0.251 e. The number of carbonyl (C=O) groups is 1. The van der Waals surface area contributed by atoms with E-state index in [0.717, 1.165) is 43.9 Å². The summed E-state index contributed by atoms with van der Waals surface area (Å²) in [5, 5.41) is 5.12. The van der Waals surface area contributed by atoms with Crippen LogP contribution in [0, 0.1) is 6.92 Å². The number of nitrogens with zero attached hydrogens (tertiary/aromatic N) is 4. The van der Waals surface area contributed by atoms with Crippen molar-refractivity contribution in [1.29, 1.82) is 0 Å². The molecule has 3 aliphatic heterocycles. The minimum atomic E-state index is -0.0145. The molecular formula is C18H22N6O. The van der Waals surface area contributed by atoms with E-state index < -0.39 is 0 Å². The molecule has 0 bridgehead atoms. The normalized spacial score (nSPS) is 20.2. The fourth-order valence-corrected chi connectivity index (χ4v) is 3.46. The summed E-state index contributed by atoms with van der Waals surface area (Å²) in [6.45, 7) is 4.54. The third kappa shape index (κ3) is 3.28. The Morgan fingerprint density at radius 2 is 2.16 bits per heavy atom. The van der Waals surface area contributed by atoms with E-state index in [9.17, 15) is 4.79 Å². The van der Waals surface area contributed by atoms with Gasteiger partial charge in [0.05, 0.1) is 17.6 Å². The molecule has 7 heteroatoms. The zero-order valence-electron chi connectivity index (χ0n) is 14.3. The Hall–Kier alpha value is -2.67. The van der Waals surface area contributed by atoms with Crippen LogP contribution < -0.4 is 10.7 Å².